The summed E-state index contributed by atoms with van der Waals surface area (Å²) in [6, 6.07) is 18.2. The minimum absolute atomic E-state index is 0.215. The van der Waals surface area contributed by atoms with Crippen LogP contribution in [0.4, 0.5) is 14.5 Å². The van der Waals surface area contributed by atoms with Crippen molar-refractivity contribution in [2.75, 3.05) is 5.32 Å². The van der Waals surface area contributed by atoms with Crippen LogP contribution < -0.4 is 16.6 Å². The first-order valence-corrected chi connectivity index (χ1v) is 9.99. The summed E-state index contributed by atoms with van der Waals surface area (Å²) in [6.07, 6.45) is 0. The van der Waals surface area contributed by atoms with Crippen molar-refractivity contribution < 1.29 is 13.6 Å². The monoisotopic (exact) mass is 448 g/mol. The zero-order valence-corrected chi connectivity index (χ0v) is 17.4. The molecule has 166 valence electrons. The van der Waals surface area contributed by atoms with Gasteiger partial charge >= 0.3 is 5.69 Å². The molecule has 4 aromatic rings. The summed E-state index contributed by atoms with van der Waals surface area (Å²) in [4.78, 5) is 39.4. The van der Waals surface area contributed by atoms with E-state index in [2.05, 4.69) is 10.4 Å². The molecule has 4 rings (SSSR count). The standard InChI is InChI=1S/C24H18F2N4O3/c1-15(16-7-3-2-4-8-16)29-23(32)21(22(31)27-18-13-11-17(25)12-14-18)28-30(24(29)33)20-10-6-5-9-19(20)26/h2-15H,1H3,(H,27,31). The Morgan fingerprint density at radius 2 is 1.55 bits per heavy atom. The summed E-state index contributed by atoms with van der Waals surface area (Å²) < 4.78 is 29.2. The van der Waals surface area contributed by atoms with Crippen LogP contribution in [0.3, 0.4) is 0 Å². The van der Waals surface area contributed by atoms with Gasteiger partial charge in [0, 0.05) is 5.69 Å². The molecule has 0 radical (unpaired) electrons. The fourth-order valence-electron chi connectivity index (χ4n) is 3.36. The van der Waals surface area contributed by atoms with Crippen molar-refractivity contribution in [3.05, 3.63) is 123 Å². The van der Waals surface area contributed by atoms with Crippen LogP contribution in [0.1, 0.15) is 29.0 Å². The van der Waals surface area contributed by atoms with Crippen molar-refractivity contribution in [3.8, 4) is 5.69 Å². The quantitative estimate of drug-likeness (QED) is 0.506. The number of nitrogens with one attached hydrogen (secondary N) is 1. The Morgan fingerprint density at radius 3 is 2.21 bits per heavy atom. The van der Waals surface area contributed by atoms with E-state index in [4.69, 9.17) is 0 Å². The maximum absolute atomic E-state index is 14.5. The van der Waals surface area contributed by atoms with Gasteiger partial charge in [0.05, 0.1) is 6.04 Å². The van der Waals surface area contributed by atoms with E-state index in [0.717, 1.165) is 22.8 Å². The molecular weight excluding hydrogens is 430 g/mol. The highest BCUT2D eigenvalue weighted by atomic mass is 19.1. The number of rotatable bonds is 5. The van der Waals surface area contributed by atoms with Crippen LogP contribution in [0.25, 0.3) is 5.69 Å². The third kappa shape index (κ3) is 4.33. The summed E-state index contributed by atoms with van der Waals surface area (Å²) in [6.45, 7) is 1.62. The predicted octanol–water partition coefficient (Wildman–Crippen LogP) is 3.53. The second kappa shape index (κ2) is 8.99. The SMILES string of the molecule is CC(c1ccccc1)n1c(=O)c(C(=O)Nc2ccc(F)cc2)nn(-c2ccccc2F)c1=O. The Balaban J connectivity index is 1.91. The van der Waals surface area contributed by atoms with Crippen molar-refractivity contribution >= 4 is 11.6 Å². The van der Waals surface area contributed by atoms with Crippen molar-refractivity contribution in [3.63, 3.8) is 0 Å². The highest BCUT2D eigenvalue weighted by molar-refractivity contribution is 6.02. The van der Waals surface area contributed by atoms with Crippen LogP contribution in [0.5, 0.6) is 0 Å². The van der Waals surface area contributed by atoms with E-state index in [0.29, 0.717) is 10.2 Å². The normalized spacial score (nSPS) is 11.7. The first-order chi connectivity index (χ1) is 15.9. The van der Waals surface area contributed by atoms with Gasteiger partial charge < -0.3 is 5.32 Å². The van der Waals surface area contributed by atoms with Gasteiger partial charge in [0.25, 0.3) is 11.5 Å². The van der Waals surface area contributed by atoms with Gasteiger partial charge in [0.2, 0.25) is 5.69 Å². The number of hydrogen-bond acceptors (Lipinski definition) is 4. The molecule has 0 aliphatic carbocycles. The van der Waals surface area contributed by atoms with E-state index in [9.17, 15) is 23.2 Å². The van der Waals surface area contributed by atoms with Gasteiger partial charge in [0.1, 0.15) is 17.3 Å². The van der Waals surface area contributed by atoms with Crippen LogP contribution in [-0.4, -0.2) is 20.3 Å². The van der Waals surface area contributed by atoms with Gasteiger partial charge in [-0.1, -0.05) is 42.5 Å². The Kier molecular flexibility index (Phi) is 5.95. The van der Waals surface area contributed by atoms with Crippen molar-refractivity contribution in [2.45, 2.75) is 13.0 Å². The van der Waals surface area contributed by atoms with Crippen LogP contribution in [-0.2, 0) is 0 Å². The molecule has 1 heterocycles. The molecule has 33 heavy (non-hydrogen) atoms. The highest BCUT2D eigenvalue weighted by Gasteiger charge is 2.24. The summed E-state index contributed by atoms with van der Waals surface area (Å²) in [5.74, 6) is -2.18. The molecule has 9 heteroatoms. The van der Waals surface area contributed by atoms with Crippen molar-refractivity contribution in [1.29, 1.82) is 0 Å². The number of anilines is 1. The van der Waals surface area contributed by atoms with Gasteiger partial charge in [-0.05, 0) is 48.9 Å². The molecule has 1 amide bonds. The Bertz CT molecular complexity index is 1430. The summed E-state index contributed by atoms with van der Waals surface area (Å²) in [5.41, 5.74) is -1.83. The molecule has 7 nitrogen and oxygen atoms in total. The molecule has 1 aromatic heterocycles. The van der Waals surface area contributed by atoms with Gasteiger partial charge in [-0.15, -0.1) is 0 Å². The highest BCUT2D eigenvalue weighted by Crippen LogP contribution is 2.16. The van der Waals surface area contributed by atoms with E-state index >= 15 is 0 Å². The van der Waals surface area contributed by atoms with Crippen LogP contribution >= 0.6 is 0 Å². The molecule has 3 aromatic carbocycles. The third-order valence-electron chi connectivity index (χ3n) is 5.08. The zero-order valence-electron chi connectivity index (χ0n) is 17.4. The maximum atomic E-state index is 14.5. The Hall–Kier alpha value is -4.40. The number of amides is 1. The van der Waals surface area contributed by atoms with Crippen LogP contribution in [0, 0.1) is 11.6 Å². The summed E-state index contributed by atoms with van der Waals surface area (Å²) in [7, 11) is 0. The number of aromatic nitrogens is 3. The van der Waals surface area contributed by atoms with E-state index in [-0.39, 0.29) is 11.4 Å². The maximum Gasteiger partial charge on any atom is 0.352 e. The second-order valence-electron chi connectivity index (χ2n) is 7.22. The number of carbonyl (C=O) groups is 1. The third-order valence-corrected chi connectivity index (χ3v) is 5.08. The fraction of sp³-hybridized carbons (Fsp3) is 0.0833. The lowest BCUT2D eigenvalue weighted by Gasteiger charge is -2.18. The topological polar surface area (TPSA) is 86.0 Å². The smallest absolute Gasteiger partial charge is 0.320 e. The van der Waals surface area contributed by atoms with E-state index < -0.39 is 40.5 Å². The number of halogens is 2. The molecule has 0 spiro atoms. The van der Waals surface area contributed by atoms with Crippen molar-refractivity contribution in [2.24, 2.45) is 0 Å². The Morgan fingerprint density at radius 1 is 0.909 bits per heavy atom. The molecule has 0 aliphatic rings. The first-order valence-electron chi connectivity index (χ1n) is 9.99. The number of nitrogens with zero attached hydrogens (tertiary/aromatic N) is 3. The number of carbonyl (C=O) groups excluding carboxylic acids is 1. The minimum atomic E-state index is -0.941. The molecule has 0 fully saturated rings. The largest absolute Gasteiger partial charge is 0.352 e. The zero-order chi connectivity index (χ0) is 23.5. The lowest BCUT2D eigenvalue weighted by molar-refractivity contribution is 0.101. The number of para-hydroxylation sites is 1. The van der Waals surface area contributed by atoms with E-state index in [1.165, 1.54) is 30.3 Å². The molecule has 0 aliphatic heterocycles. The fourth-order valence-corrected chi connectivity index (χ4v) is 3.36. The van der Waals surface area contributed by atoms with Crippen LogP contribution in [0.2, 0.25) is 0 Å². The number of benzene rings is 3. The van der Waals surface area contributed by atoms with E-state index in [1.54, 1.807) is 37.3 Å². The summed E-state index contributed by atoms with van der Waals surface area (Å²) in [5, 5.41) is 6.35. The summed E-state index contributed by atoms with van der Waals surface area (Å²) >= 11 is 0. The molecule has 0 bridgehead atoms. The molecule has 0 saturated heterocycles. The first kappa shape index (κ1) is 21.8. The Labute approximate surface area is 186 Å². The van der Waals surface area contributed by atoms with Gasteiger partial charge in [0.15, 0.2) is 0 Å². The van der Waals surface area contributed by atoms with Crippen molar-refractivity contribution in [1.82, 2.24) is 14.3 Å². The molecule has 1 atom stereocenters. The van der Waals surface area contributed by atoms with Crippen LogP contribution in [0.15, 0.2) is 88.5 Å². The minimum Gasteiger partial charge on any atom is -0.320 e. The average Bonchev–Trinajstić information content (AvgIpc) is 2.82. The average molecular weight is 448 g/mol. The molecule has 1 unspecified atom stereocenters. The van der Waals surface area contributed by atoms with E-state index in [1.807, 2.05) is 0 Å². The van der Waals surface area contributed by atoms with Gasteiger partial charge in [-0.25, -0.2) is 18.1 Å². The van der Waals surface area contributed by atoms with Gasteiger partial charge in [-0.2, -0.15) is 9.78 Å². The van der Waals surface area contributed by atoms with Gasteiger partial charge in [-0.3, -0.25) is 9.59 Å². The molecule has 1 N–H and O–H groups in total. The lowest BCUT2D eigenvalue weighted by atomic mass is 10.1. The molecule has 0 saturated carbocycles. The lowest BCUT2D eigenvalue weighted by Crippen LogP contribution is -2.46. The number of hydrogen-bond donors (Lipinski definition) is 1. The second-order valence-corrected chi connectivity index (χ2v) is 7.22. The predicted molar refractivity (Wildman–Crippen MR) is 119 cm³/mol. The molecular formula is C24H18F2N4O3.